The van der Waals surface area contributed by atoms with E-state index in [0.29, 0.717) is 19.5 Å². The third-order valence-corrected chi connectivity index (χ3v) is 3.03. The van der Waals surface area contributed by atoms with Crippen molar-refractivity contribution in [3.05, 3.63) is 12.2 Å². The molecule has 1 amide bonds. The van der Waals surface area contributed by atoms with Crippen LogP contribution >= 0.6 is 0 Å². The first kappa shape index (κ1) is 13.7. The molecule has 96 valence electrons. The number of carbonyl (C=O) groups excluding carboxylic acids is 1. The van der Waals surface area contributed by atoms with Gasteiger partial charge in [-0.3, -0.25) is 4.79 Å². The normalized spacial score (nSPS) is 25.2. The van der Waals surface area contributed by atoms with Crippen LogP contribution < -0.4 is 0 Å². The molecule has 1 heterocycles. The van der Waals surface area contributed by atoms with Crippen molar-refractivity contribution in [1.82, 2.24) is 4.90 Å². The van der Waals surface area contributed by atoms with Crippen LogP contribution in [0.2, 0.25) is 0 Å². The summed E-state index contributed by atoms with van der Waals surface area (Å²) < 4.78 is 0. The molecule has 0 unspecified atom stereocenters. The van der Waals surface area contributed by atoms with Gasteiger partial charge in [0.15, 0.2) is 0 Å². The molecule has 1 aliphatic heterocycles. The molecule has 5 nitrogen and oxygen atoms in total. The highest BCUT2D eigenvalue weighted by Crippen LogP contribution is 2.21. The van der Waals surface area contributed by atoms with Crippen LogP contribution in [-0.4, -0.2) is 46.2 Å². The van der Waals surface area contributed by atoms with Crippen molar-refractivity contribution in [2.24, 2.45) is 5.92 Å². The summed E-state index contributed by atoms with van der Waals surface area (Å²) in [5.41, 5.74) is 0. The van der Waals surface area contributed by atoms with E-state index < -0.39 is 5.97 Å². The fourth-order valence-corrected chi connectivity index (χ4v) is 2.12. The fraction of sp³-hybridized carbons (Fsp3) is 0.667. The largest absolute Gasteiger partial charge is 0.478 e. The third-order valence-electron chi connectivity index (χ3n) is 3.03. The summed E-state index contributed by atoms with van der Waals surface area (Å²) in [6, 6.07) is 0. The first-order valence-corrected chi connectivity index (χ1v) is 5.92. The molecule has 2 N–H and O–H groups in total. The monoisotopic (exact) mass is 241 g/mol. The Hall–Kier alpha value is -1.36. The molecule has 0 saturated carbocycles. The molecule has 0 aromatic heterocycles. The standard InChI is InChI=1S/C12H19NO4/c1-2-3-9-8-13(7-6-10(9)14)11(15)4-5-12(16)17/h4-5,9-10,14H,2-3,6-8H2,1H3,(H,16,17)/b5-4+/t9-,10-/m0/s1. The number of carboxylic acid groups (broad SMARTS) is 1. The first-order chi connectivity index (χ1) is 8.04. The molecule has 0 aliphatic carbocycles. The summed E-state index contributed by atoms with van der Waals surface area (Å²) in [7, 11) is 0. The van der Waals surface area contributed by atoms with Gasteiger partial charge in [-0.05, 0) is 12.8 Å². The van der Waals surface area contributed by atoms with Crippen LogP contribution in [0.4, 0.5) is 0 Å². The Bertz CT molecular complexity index is 314. The number of piperidine rings is 1. The van der Waals surface area contributed by atoms with Gasteiger partial charge in [-0.15, -0.1) is 0 Å². The predicted octanol–water partition coefficient (Wildman–Crippen LogP) is 0.637. The van der Waals surface area contributed by atoms with Gasteiger partial charge < -0.3 is 15.1 Å². The quantitative estimate of drug-likeness (QED) is 0.708. The van der Waals surface area contributed by atoms with E-state index in [1.807, 2.05) is 6.92 Å². The maximum absolute atomic E-state index is 11.7. The van der Waals surface area contributed by atoms with Gasteiger partial charge in [0.1, 0.15) is 0 Å². The molecule has 5 heteroatoms. The van der Waals surface area contributed by atoms with Crippen LogP contribution in [0, 0.1) is 5.92 Å². The lowest BCUT2D eigenvalue weighted by Gasteiger charge is -2.35. The minimum Gasteiger partial charge on any atom is -0.478 e. The van der Waals surface area contributed by atoms with Gasteiger partial charge in [0.25, 0.3) is 0 Å². The van der Waals surface area contributed by atoms with Crippen LogP contribution in [0.25, 0.3) is 0 Å². The van der Waals surface area contributed by atoms with Crippen LogP contribution in [0.1, 0.15) is 26.2 Å². The van der Waals surface area contributed by atoms with Crippen molar-refractivity contribution in [1.29, 1.82) is 0 Å². The molecule has 1 aliphatic rings. The molecular weight excluding hydrogens is 222 g/mol. The minimum atomic E-state index is -1.12. The Morgan fingerprint density at radius 1 is 1.41 bits per heavy atom. The number of nitrogens with zero attached hydrogens (tertiary/aromatic N) is 1. The molecule has 1 fully saturated rings. The van der Waals surface area contributed by atoms with E-state index in [2.05, 4.69) is 0 Å². The number of aliphatic carboxylic acids is 1. The Morgan fingerprint density at radius 2 is 2.12 bits per heavy atom. The van der Waals surface area contributed by atoms with Gasteiger partial charge in [-0.2, -0.15) is 0 Å². The van der Waals surface area contributed by atoms with Crippen molar-refractivity contribution in [2.45, 2.75) is 32.3 Å². The number of aliphatic hydroxyl groups is 1. The van der Waals surface area contributed by atoms with Crippen molar-refractivity contribution in [3.8, 4) is 0 Å². The zero-order valence-corrected chi connectivity index (χ0v) is 10.0. The average Bonchev–Trinajstić information content (AvgIpc) is 2.29. The first-order valence-electron chi connectivity index (χ1n) is 5.92. The summed E-state index contributed by atoms with van der Waals surface area (Å²) in [5.74, 6) is -1.31. The number of amides is 1. The zero-order valence-electron chi connectivity index (χ0n) is 10.0. The van der Waals surface area contributed by atoms with Gasteiger partial charge in [0, 0.05) is 31.2 Å². The second-order valence-corrected chi connectivity index (χ2v) is 4.36. The van der Waals surface area contributed by atoms with E-state index in [1.165, 1.54) is 0 Å². The van der Waals surface area contributed by atoms with Crippen LogP contribution in [0.15, 0.2) is 12.2 Å². The number of rotatable bonds is 4. The molecule has 17 heavy (non-hydrogen) atoms. The van der Waals surface area contributed by atoms with Crippen LogP contribution in [-0.2, 0) is 9.59 Å². The number of carboxylic acids is 1. The summed E-state index contributed by atoms with van der Waals surface area (Å²) >= 11 is 0. The second kappa shape index (κ2) is 6.39. The molecule has 1 saturated heterocycles. The molecule has 0 aromatic carbocycles. The number of hydrogen-bond acceptors (Lipinski definition) is 3. The molecule has 2 atom stereocenters. The lowest BCUT2D eigenvalue weighted by atomic mass is 9.91. The summed E-state index contributed by atoms with van der Waals surface area (Å²) in [5, 5.41) is 18.2. The Labute approximate surface area is 101 Å². The van der Waals surface area contributed by atoms with Crippen molar-refractivity contribution in [3.63, 3.8) is 0 Å². The highest BCUT2D eigenvalue weighted by molar-refractivity contribution is 5.93. The SMILES string of the molecule is CCC[C@H]1CN(C(=O)/C=C/C(=O)O)CC[C@@H]1O. The average molecular weight is 241 g/mol. The number of hydrogen-bond donors (Lipinski definition) is 2. The molecule has 0 spiro atoms. The maximum Gasteiger partial charge on any atom is 0.328 e. The Balaban J connectivity index is 2.55. The van der Waals surface area contributed by atoms with E-state index in [-0.39, 0.29) is 17.9 Å². The molecule has 1 rings (SSSR count). The van der Waals surface area contributed by atoms with Crippen molar-refractivity contribution >= 4 is 11.9 Å². The van der Waals surface area contributed by atoms with E-state index >= 15 is 0 Å². The highest BCUT2D eigenvalue weighted by atomic mass is 16.4. The number of likely N-dealkylation sites (tertiary alicyclic amines) is 1. The van der Waals surface area contributed by atoms with Gasteiger partial charge >= 0.3 is 5.97 Å². The van der Waals surface area contributed by atoms with Gasteiger partial charge in [-0.25, -0.2) is 4.79 Å². The topological polar surface area (TPSA) is 77.8 Å². The zero-order chi connectivity index (χ0) is 12.8. The molecule has 0 radical (unpaired) electrons. The van der Waals surface area contributed by atoms with Gasteiger partial charge in [0.05, 0.1) is 6.10 Å². The van der Waals surface area contributed by atoms with Gasteiger partial charge in [-0.1, -0.05) is 13.3 Å². The predicted molar refractivity (Wildman–Crippen MR) is 62.4 cm³/mol. The lowest BCUT2D eigenvalue weighted by Crippen LogP contribution is -2.45. The van der Waals surface area contributed by atoms with E-state index in [9.17, 15) is 14.7 Å². The lowest BCUT2D eigenvalue weighted by molar-refractivity contribution is -0.133. The molecule has 0 aromatic rings. The Morgan fingerprint density at radius 3 is 2.71 bits per heavy atom. The second-order valence-electron chi connectivity index (χ2n) is 4.36. The van der Waals surface area contributed by atoms with Crippen molar-refractivity contribution < 1.29 is 19.8 Å². The van der Waals surface area contributed by atoms with Gasteiger partial charge in [0.2, 0.25) is 5.91 Å². The van der Waals surface area contributed by atoms with E-state index in [0.717, 1.165) is 25.0 Å². The van der Waals surface area contributed by atoms with Crippen LogP contribution in [0.5, 0.6) is 0 Å². The van der Waals surface area contributed by atoms with E-state index in [1.54, 1.807) is 4.90 Å². The third kappa shape index (κ3) is 4.19. The number of aliphatic hydroxyl groups excluding tert-OH is 1. The minimum absolute atomic E-state index is 0.107. The van der Waals surface area contributed by atoms with Crippen LogP contribution in [0.3, 0.4) is 0 Å². The van der Waals surface area contributed by atoms with E-state index in [4.69, 9.17) is 5.11 Å². The molecule has 0 bridgehead atoms. The number of carbonyl (C=O) groups is 2. The summed E-state index contributed by atoms with van der Waals surface area (Å²) in [6.45, 7) is 3.04. The highest BCUT2D eigenvalue weighted by Gasteiger charge is 2.28. The molecular formula is C12H19NO4. The smallest absolute Gasteiger partial charge is 0.328 e. The maximum atomic E-state index is 11.7. The van der Waals surface area contributed by atoms with Crippen molar-refractivity contribution in [2.75, 3.05) is 13.1 Å². The Kier molecular flexibility index (Phi) is 5.15. The summed E-state index contributed by atoms with van der Waals surface area (Å²) in [4.78, 5) is 23.6. The summed E-state index contributed by atoms with van der Waals surface area (Å²) in [6.07, 6.45) is 3.99. The fourth-order valence-electron chi connectivity index (χ4n) is 2.12.